The average molecular weight is 626 g/mol. The Morgan fingerprint density at radius 1 is 1.00 bits per heavy atom. The van der Waals surface area contributed by atoms with E-state index in [9.17, 15) is 25.0 Å². The third-order valence-corrected chi connectivity index (χ3v) is 7.01. The van der Waals surface area contributed by atoms with Gasteiger partial charge in [0.25, 0.3) is 11.2 Å². The number of hydrogen-bond donors (Lipinski definition) is 0. The quantitative estimate of drug-likeness (QED) is 0.0959. The van der Waals surface area contributed by atoms with Gasteiger partial charge in [0, 0.05) is 34.2 Å². The van der Waals surface area contributed by atoms with Crippen LogP contribution in [-0.4, -0.2) is 32.8 Å². The Balaban J connectivity index is 1.40. The number of benzene rings is 4. The molecule has 0 amide bonds. The highest BCUT2D eigenvalue weighted by Gasteiger charge is 2.23. The molecule has 2 aromatic heterocycles. The molecule has 0 N–H and O–H groups in total. The van der Waals surface area contributed by atoms with Crippen molar-refractivity contribution < 1.29 is 23.7 Å². The van der Waals surface area contributed by atoms with Gasteiger partial charge in [0.05, 0.1) is 34.1 Å². The van der Waals surface area contributed by atoms with Gasteiger partial charge in [-0.15, -0.1) is 0 Å². The predicted molar refractivity (Wildman–Crippen MR) is 166 cm³/mol. The summed E-state index contributed by atoms with van der Waals surface area (Å²) in [6.07, 6.45) is 1.26. The molecule has 4 aromatic carbocycles. The molecule has 13 nitrogen and oxygen atoms in total. The molecule has 0 unspecified atom stereocenters. The van der Waals surface area contributed by atoms with Gasteiger partial charge < -0.3 is 13.9 Å². The zero-order chi connectivity index (χ0) is 31.7. The van der Waals surface area contributed by atoms with E-state index in [2.05, 4.69) is 10.1 Å². The van der Waals surface area contributed by atoms with Crippen molar-refractivity contribution in [2.24, 2.45) is 5.10 Å². The molecule has 0 saturated carbocycles. The predicted octanol–water partition coefficient (Wildman–Crippen LogP) is 6.75. The molecule has 224 valence electrons. The lowest BCUT2D eigenvalue weighted by molar-refractivity contribution is -0.386. The Kier molecular flexibility index (Phi) is 7.67. The summed E-state index contributed by atoms with van der Waals surface area (Å²) in [7, 11) is 1.32. The molecule has 0 radical (unpaired) electrons. The number of ether oxygens (including phenoxy) is 2. The largest absolute Gasteiger partial charge is 0.493 e. The molecule has 6 rings (SSSR count). The van der Waals surface area contributed by atoms with Gasteiger partial charge in [0.15, 0.2) is 11.5 Å². The first-order valence-corrected chi connectivity index (χ1v) is 13.6. The number of methoxy groups -OCH3 is 1. The second kappa shape index (κ2) is 11.9. The van der Waals surface area contributed by atoms with E-state index in [4.69, 9.17) is 25.5 Å². The SMILES string of the molecule is COc1cc(C=Nn2c(-c3cc4cc(Cl)ccc4o3)nc3ccccc3c2=O)cc([N+](=O)[O-])c1OCc1ccc([N+](=O)[O-])cc1. The van der Waals surface area contributed by atoms with Crippen molar-refractivity contribution in [1.29, 1.82) is 0 Å². The highest BCUT2D eigenvalue weighted by molar-refractivity contribution is 6.31. The van der Waals surface area contributed by atoms with Gasteiger partial charge in [-0.25, -0.2) is 4.98 Å². The van der Waals surface area contributed by atoms with Crippen molar-refractivity contribution in [2.45, 2.75) is 6.61 Å². The van der Waals surface area contributed by atoms with E-state index < -0.39 is 21.1 Å². The fourth-order valence-electron chi connectivity index (χ4n) is 4.62. The molecule has 0 saturated heterocycles. The van der Waals surface area contributed by atoms with E-state index in [0.717, 1.165) is 4.68 Å². The summed E-state index contributed by atoms with van der Waals surface area (Å²) in [5.41, 5.74) is 0.714. The van der Waals surface area contributed by atoms with E-state index in [-0.39, 0.29) is 40.9 Å². The molecule has 0 bridgehead atoms. The van der Waals surface area contributed by atoms with Crippen LogP contribution >= 0.6 is 11.6 Å². The van der Waals surface area contributed by atoms with Gasteiger partial charge in [-0.1, -0.05) is 23.7 Å². The second-order valence-electron chi connectivity index (χ2n) is 9.65. The van der Waals surface area contributed by atoms with Crippen LogP contribution in [0.1, 0.15) is 11.1 Å². The van der Waals surface area contributed by atoms with E-state index in [0.29, 0.717) is 32.5 Å². The van der Waals surface area contributed by atoms with Gasteiger partial charge in [0.1, 0.15) is 12.2 Å². The molecule has 14 heteroatoms. The first-order valence-electron chi connectivity index (χ1n) is 13.2. The summed E-state index contributed by atoms with van der Waals surface area (Å²) < 4.78 is 18.2. The Labute approximate surface area is 257 Å². The number of nitrogens with zero attached hydrogens (tertiary/aromatic N) is 5. The normalized spacial score (nSPS) is 11.3. The minimum atomic E-state index is -0.639. The number of halogens is 1. The molecule has 0 atom stereocenters. The van der Waals surface area contributed by atoms with Crippen LogP contribution in [0.15, 0.2) is 99.2 Å². The first kappa shape index (κ1) is 29.0. The maximum Gasteiger partial charge on any atom is 0.315 e. The van der Waals surface area contributed by atoms with Crippen molar-refractivity contribution >= 4 is 51.1 Å². The number of nitro benzene ring substituents is 2. The van der Waals surface area contributed by atoms with Gasteiger partial charge in [-0.2, -0.15) is 9.78 Å². The number of non-ortho nitro benzene ring substituents is 1. The standard InChI is InChI=1S/C31H20ClN5O8/c1-43-27-13-19(12-25(37(41)42)29(27)44-17-18-6-9-22(10-7-18)36(39)40)16-33-35-30(34-24-5-3-2-4-23(24)31(35)38)28-15-20-14-21(32)8-11-26(20)45-28/h2-16H,17H2,1H3. The number of fused-ring (bicyclic) bond motifs is 2. The lowest BCUT2D eigenvalue weighted by atomic mass is 10.1. The van der Waals surface area contributed by atoms with Crippen LogP contribution in [0.5, 0.6) is 11.5 Å². The van der Waals surface area contributed by atoms with E-state index >= 15 is 0 Å². The molecular weight excluding hydrogens is 606 g/mol. The summed E-state index contributed by atoms with van der Waals surface area (Å²) in [4.78, 5) is 40.0. The van der Waals surface area contributed by atoms with Crippen molar-refractivity contribution in [1.82, 2.24) is 9.66 Å². The van der Waals surface area contributed by atoms with Gasteiger partial charge in [-0.3, -0.25) is 25.0 Å². The molecule has 0 aliphatic carbocycles. The van der Waals surface area contributed by atoms with Crippen LogP contribution in [-0.2, 0) is 6.61 Å². The molecular formula is C31H20ClN5O8. The van der Waals surface area contributed by atoms with Crippen molar-refractivity contribution in [3.8, 4) is 23.1 Å². The van der Waals surface area contributed by atoms with Crippen LogP contribution in [0.3, 0.4) is 0 Å². The summed E-state index contributed by atoms with van der Waals surface area (Å²) in [6, 6.07) is 21.8. The third kappa shape index (κ3) is 5.79. The molecule has 6 aromatic rings. The lowest BCUT2D eigenvalue weighted by Crippen LogP contribution is -2.20. The van der Waals surface area contributed by atoms with Gasteiger partial charge in [-0.05, 0) is 60.2 Å². The van der Waals surface area contributed by atoms with Gasteiger partial charge in [0.2, 0.25) is 11.6 Å². The lowest BCUT2D eigenvalue weighted by Gasteiger charge is -2.12. The fraction of sp³-hybridized carbons (Fsp3) is 0.0645. The Morgan fingerprint density at radius 2 is 1.78 bits per heavy atom. The number of aromatic nitrogens is 2. The first-order chi connectivity index (χ1) is 21.7. The zero-order valence-electron chi connectivity index (χ0n) is 23.2. The monoisotopic (exact) mass is 625 g/mol. The summed E-state index contributed by atoms with van der Waals surface area (Å²) in [5, 5.41) is 28.9. The van der Waals surface area contributed by atoms with Crippen LogP contribution in [0.25, 0.3) is 33.5 Å². The number of nitro groups is 2. The van der Waals surface area contributed by atoms with Crippen LogP contribution in [0, 0.1) is 20.2 Å². The zero-order valence-corrected chi connectivity index (χ0v) is 24.0. The Bertz CT molecular complexity index is 2210. The molecule has 0 fully saturated rings. The second-order valence-corrected chi connectivity index (χ2v) is 10.1. The van der Waals surface area contributed by atoms with Gasteiger partial charge >= 0.3 is 5.69 Å². The third-order valence-electron chi connectivity index (χ3n) is 6.78. The minimum absolute atomic E-state index is 0.0333. The average Bonchev–Trinajstić information content (AvgIpc) is 3.46. The van der Waals surface area contributed by atoms with E-state index in [1.165, 1.54) is 49.7 Å². The van der Waals surface area contributed by atoms with Crippen molar-refractivity contribution in [3.05, 3.63) is 132 Å². The number of furan rings is 1. The smallest absolute Gasteiger partial charge is 0.315 e. The molecule has 0 spiro atoms. The van der Waals surface area contributed by atoms with Crippen LogP contribution in [0.4, 0.5) is 11.4 Å². The van der Waals surface area contributed by atoms with Crippen LogP contribution in [0.2, 0.25) is 5.02 Å². The maximum atomic E-state index is 13.6. The molecule has 0 aliphatic rings. The number of para-hydroxylation sites is 1. The summed E-state index contributed by atoms with van der Waals surface area (Å²) in [6.45, 7) is -0.118. The molecule has 0 aliphatic heterocycles. The highest BCUT2D eigenvalue weighted by atomic mass is 35.5. The van der Waals surface area contributed by atoms with E-state index in [1.807, 2.05) is 0 Å². The topological polar surface area (TPSA) is 165 Å². The Hall–Kier alpha value is -6.08. The van der Waals surface area contributed by atoms with Crippen LogP contribution < -0.4 is 15.0 Å². The fourth-order valence-corrected chi connectivity index (χ4v) is 4.80. The number of rotatable bonds is 9. The highest BCUT2D eigenvalue weighted by Crippen LogP contribution is 2.38. The number of hydrogen-bond acceptors (Lipinski definition) is 10. The van der Waals surface area contributed by atoms with E-state index in [1.54, 1.807) is 48.5 Å². The summed E-state index contributed by atoms with van der Waals surface area (Å²) >= 11 is 6.14. The molecule has 2 heterocycles. The molecule has 45 heavy (non-hydrogen) atoms. The van der Waals surface area contributed by atoms with Crippen molar-refractivity contribution in [3.63, 3.8) is 0 Å². The maximum absolute atomic E-state index is 13.6. The summed E-state index contributed by atoms with van der Waals surface area (Å²) in [5.74, 6) is 0.243. The minimum Gasteiger partial charge on any atom is -0.493 e. The Morgan fingerprint density at radius 3 is 2.51 bits per heavy atom. The van der Waals surface area contributed by atoms with Crippen molar-refractivity contribution in [2.75, 3.05) is 7.11 Å².